The third-order valence-electron chi connectivity index (χ3n) is 5.36. The lowest BCUT2D eigenvalue weighted by atomic mass is 9.79. The highest BCUT2D eigenvalue weighted by atomic mass is 19.4. The molecule has 9 heteroatoms. The fourth-order valence-electron chi connectivity index (χ4n) is 4.04. The highest BCUT2D eigenvalue weighted by molar-refractivity contribution is 6.00. The van der Waals surface area contributed by atoms with E-state index in [0.717, 1.165) is 17.9 Å². The fourth-order valence-corrected chi connectivity index (χ4v) is 4.04. The number of Topliss-reactive ketones (excluding diaryl/α,β-unsaturated/α-hetero) is 1. The molecular weight excluding hydrogens is 385 g/mol. The number of halogens is 3. The number of nitrogens with zero attached hydrogens (tertiary/aromatic N) is 3. The summed E-state index contributed by atoms with van der Waals surface area (Å²) in [6.45, 7) is 0. The molecule has 0 saturated heterocycles. The minimum atomic E-state index is -4.42. The van der Waals surface area contributed by atoms with Gasteiger partial charge in [-0.25, -0.2) is 4.68 Å². The molecule has 1 aromatic carbocycles. The molecule has 0 saturated carbocycles. The number of hydrogen-bond acceptors (Lipinski definition) is 5. The van der Waals surface area contributed by atoms with E-state index in [2.05, 4.69) is 15.4 Å². The Morgan fingerprint density at radius 1 is 1.14 bits per heavy atom. The monoisotopic (exact) mass is 400 g/mol. The van der Waals surface area contributed by atoms with Gasteiger partial charge in [0.15, 0.2) is 5.78 Å². The van der Waals surface area contributed by atoms with Crippen molar-refractivity contribution >= 4 is 11.7 Å². The van der Waals surface area contributed by atoms with E-state index < -0.39 is 17.8 Å². The van der Waals surface area contributed by atoms with E-state index in [1.54, 1.807) is 12.3 Å². The first kappa shape index (κ1) is 17.7. The molecule has 1 N–H and O–H groups in total. The van der Waals surface area contributed by atoms with Gasteiger partial charge in [0, 0.05) is 23.6 Å². The minimum absolute atomic E-state index is 0.0915. The minimum Gasteiger partial charge on any atom is -0.469 e. The number of carbonyl (C=O) groups excluding carboxylic acids is 1. The van der Waals surface area contributed by atoms with Crippen LogP contribution in [0.25, 0.3) is 0 Å². The van der Waals surface area contributed by atoms with Crippen LogP contribution in [0.15, 0.2) is 64.7 Å². The Balaban J connectivity index is 1.58. The van der Waals surface area contributed by atoms with E-state index in [4.69, 9.17) is 4.42 Å². The van der Waals surface area contributed by atoms with Crippen molar-refractivity contribution in [1.29, 1.82) is 0 Å². The zero-order chi connectivity index (χ0) is 20.2. The molecule has 3 heterocycles. The molecule has 2 atom stereocenters. The van der Waals surface area contributed by atoms with Crippen LogP contribution < -0.4 is 5.32 Å². The molecule has 6 nitrogen and oxygen atoms in total. The van der Waals surface area contributed by atoms with Gasteiger partial charge in [-0.2, -0.15) is 23.3 Å². The van der Waals surface area contributed by atoms with Crippen LogP contribution in [0.2, 0.25) is 0 Å². The van der Waals surface area contributed by atoms with Gasteiger partial charge in [-0.3, -0.25) is 4.79 Å². The molecule has 2 aromatic heterocycles. The molecule has 0 radical (unpaired) electrons. The van der Waals surface area contributed by atoms with Crippen molar-refractivity contribution in [2.45, 2.75) is 31.0 Å². The largest absolute Gasteiger partial charge is 0.469 e. The normalized spacial score (nSPS) is 21.6. The van der Waals surface area contributed by atoms with E-state index in [9.17, 15) is 18.0 Å². The zero-order valence-electron chi connectivity index (χ0n) is 15.0. The Hall–Kier alpha value is -3.36. The quantitative estimate of drug-likeness (QED) is 0.694. The molecule has 148 valence electrons. The number of anilines is 1. The van der Waals surface area contributed by atoms with E-state index in [-0.39, 0.29) is 18.1 Å². The van der Waals surface area contributed by atoms with Crippen LogP contribution in [0, 0.1) is 0 Å². The second-order valence-corrected chi connectivity index (χ2v) is 7.11. The number of hydrogen-bond donors (Lipinski definition) is 1. The highest BCUT2D eigenvalue weighted by Crippen LogP contribution is 2.44. The Morgan fingerprint density at radius 3 is 2.62 bits per heavy atom. The Bertz CT molecular complexity index is 1100. The summed E-state index contributed by atoms with van der Waals surface area (Å²) in [5.41, 5.74) is 1.01. The van der Waals surface area contributed by atoms with Gasteiger partial charge in [0.25, 0.3) is 0 Å². The highest BCUT2D eigenvalue weighted by Gasteiger charge is 2.40. The molecule has 0 amide bonds. The maximum absolute atomic E-state index is 13.1. The molecule has 0 bridgehead atoms. The van der Waals surface area contributed by atoms with Crippen LogP contribution in [0.4, 0.5) is 19.1 Å². The number of rotatable bonds is 2. The number of benzene rings is 1. The van der Waals surface area contributed by atoms with Crippen molar-refractivity contribution in [3.05, 3.63) is 77.1 Å². The number of alkyl halides is 3. The summed E-state index contributed by atoms with van der Waals surface area (Å²) in [6, 6.07) is 7.81. The topological polar surface area (TPSA) is 73.0 Å². The second kappa shape index (κ2) is 6.33. The first-order chi connectivity index (χ1) is 13.9. The number of carbonyl (C=O) groups is 1. The zero-order valence-corrected chi connectivity index (χ0v) is 15.0. The van der Waals surface area contributed by atoms with Gasteiger partial charge in [0.1, 0.15) is 18.1 Å². The molecule has 29 heavy (non-hydrogen) atoms. The molecule has 0 fully saturated rings. The number of nitrogens with one attached hydrogen (secondary N) is 1. The summed E-state index contributed by atoms with van der Waals surface area (Å²) >= 11 is 0. The van der Waals surface area contributed by atoms with E-state index >= 15 is 0 Å². The standard InChI is InChI=1S/C20H15F3N4O2/c21-20(22,23)13-5-3-11(4-6-13)18-17-14(26-19-24-10-25-27(18)19)8-12(9-15(17)28)16-2-1-7-29-16/h1-7,10,12,18H,8-9H2,(H,24,25,26). The third kappa shape index (κ3) is 2.93. The molecule has 1 aliphatic heterocycles. The Labute approximate surface area is 163 Å². The number of fused-ring (bicyclic) bond motifs is 1. The predicted molar refractivity (Wildman–Crippen MR) is 95.9 cm³/mol. The van der Waals surface area contributed by atoms with Crippen LogP contribution in [0.1, 0.15) is 41.7 Å². The number of aromatic nitrogens is 3. The van der Waals surface area contributed by atoms with Gasteiger partial charge < -0.3 is 9.73 Å². The number of furan rings is 1. The van der Waals surface area contributed by atoms with Gasteiger partial charge >= 0.3 is 6.18 Å². The third-order valence-corrected chi connectivity index (χ3v) is 5.36. The molecule has 5 rings (SSSR count). The maximum Gasteiger partial charge on any atom is 0.416 e. The Kier molecular flexibility index (Phi) is 3.87. The average Bonchev–Trinajstić information content (AvgIpc) is 3.37. The molecule has 0 spiro atoms. The Morgan fingerprint density at radius 2 is 1.93 bits per heavy atom. The lowest BCUT2D eigenvalue weighted by Crippen LogP contribution is -2.33. The molecule has 2 aliphatic rings. The van der Waals surface area contributed by atoms with Crippen LogP contribution >= 0.6 is 0 Å². The van der Waals surface area contributed by atoms with Gasteiger partial charge in [-0.05, 0) is 36.2 Å². The first-order valence-electron chi connectivity index (χ1n) is 9.05. The number of ketones is 1. The van der Waals surface area contributed by atoms with Crippen LogP contribution in [0.5, 0.6) is 0 Å². The van der Waals surface area contributed by atoms with Crippen molar-refractivity contribution < 1.29 is 22.4 Å². The summed E-state index contributed by atoms with van der Waals surface area (Å²) in [5, 5.41) is 7.36. The van der Waals surface area contributed by atoms with Gasteiger partial charge in [0.2, 0.25) is 5.95 Å². The molecule has 2 unspecified atom stereocenters. The van der Waals surface area contributed by atoms with Crippen LogP contribution in [-0.2, 0) is 11.0 Å². The van der Waals surface area contributed by atoms with Crippen LogP contribution in [-0.4, -0.2) is 20.5 Å². The lowest BCUT2D eigenvalue weighted by molar-refractivity contribution is -0.137. The lowest BCUT2D eigenvalue weighted by Gasteiger charge is -2.34. The summed E-state index contributed by atoms with van der Waals surface area (Å²) in [5.74, 6) is 0.976. The summed E-state index contributed by atoms with van der Waals surface area (Å²) in [6.07, 6.45) is -0.702. The van der Waals surface area contributed by atoms with Crippen molar-refractivity contribution in [3.63, 3.8) is 0 Å². The van der Waals surface area contributed by atoms with Crippen molar-refractivity contribution in [2.75, 3.05) is 5.32 Å². The van der Waals surface area contributed by atoms with Crippen LogP contribution in [0.3, 0.4) is 0 Å². The van der Waals surface area contributed by atoms with Gasteiger partial charge in [-0.1, -0.05) is 12.1 Å². The van der Waals surface area contributed by atoms with E-state index in [1.165, 1.54) is 23.1 Å². The summed E-state index contributed by atoms with van der Waals surface area (Å²) < 4.78 is 45.9. The molecular formula is C20H15F3N4O2. The fraction of sp³-hybridized carbons (Fsp3) is 0.250. The molecule has 3 aromatic rings. The van der Waals surface area contributed by atoms with Gasteiger partial charge in [0.05, 0.1) is 11.8 Å². The average molecular weight is 400 g/mol. The summed E-state index contributed by atoms with van der Waals surface area (Å²) in [4.78, 5) is 17.3. The second-order valence-electron chi connectivity index (χ2n) is 7.11. The molecule has 1 aliphatic carbocycles. The van der Waals surface area contributed by atoms with E-state index in [0.29, 0.717) is 29.2 Å². The number of allylic oxidation sites excluding steroid dienone is 2. The van der Waals surface area contributed by atoms with E-state index in [1.807, 2.05) is 6.07 Å². The predicted octanol–water partition coefficient (Wildman–Crippen LogP) is 4.31. The van der Waals surface area contributed by atoms with Gasteiger partial charge in [-0.15, -0.1) is 0 Å². The maximum atomic E-state index is 13.1. The van der Waals surface area contributed by atoms with Crippen molar-refractivity contribution in [3.8, 4) is 0 Å². The summed E-state index contributed by atoms with van der Waals surface area (Å²) in [7, 11) is 0. The smallest absolute Gasteiger partial charge is 0.416 e. The van der Waals surface area contributed by atoms with Crippen molar-refractivity contribution in [2.24, 2.45) is 0 Å². The van der Waals surface area contributed by atoms with Crippen molar-refractivity contribution in [1.82, 2.24) is 14.8 Å². The SMILES string of the molecule is O=C1CC(c2ccco2)CC2=C1C(c1ccc(C(F)(F)F)cc1)n1ncnc1N2. The first-order valence-corrected chi connectivity index (χ1v) is 9.05.